The molecule has 28 heavy (non-hydrogen) atoms. The number of hydrogen-bond acceptors (Lipinski definition) is 6. The Morgan fingerprint density at radius 3 is 2.43 bits per heavy atom. The Bertz CT molecular complexity index is 868. The summed E-state index contributed by atoms with van der Waals surface area (Å²) in [7, 11) is 3.04. The number of ether oxygens (including phenoxy) is 2. The largest absolute Gasteiger partial charge is 0.493 e. The number of hydrogen-bond donors (Lipinski definition) is 2. The molecule has 0 unspecified atom stereocenters. The van der Waals surface area contributed by atoms with E-state index in [1.807, 2.05) is 6.07 Å². The fourth-order valence-electron chi connectivity index (χ4n) is 2.35. The minimum absolute atomic E-state index is 0.0677. The first-order valence-electron chi connectivity index (χ1n) is 8.42. The molecule has 148 valence electrons. The first-order chi connectivity index (χ1) is 13.4. The number of amides is 1. The monoisotopic (exact) mass is 403 g/mol. The van der Waals surface area contributed by atoms with Crippen molar-refractivity contribution in [2.24, 2.45) is 0 Å². The fourth-order valence-corrected chi connectivity index (χ4v) is 3.20. The number of thioether (sulfide) groups is 1. The number of carbonyl (C=O) groups excluding carboxylic acids is 2. The van der Waals surface area contributed by atoms with Crippen LogP contribution in [0.3, 0.4) is 0 Å². The molecule has 8 heteroatoms. The van der Waals surface area contributed by atoms with Crippen LogP contribution in [-0.2, 0) is 9.59 Å². The van der Waals surface area contributed by atoms with E-state index in [2.05, 4.69) is 5.32 Å². The molecule has 2 aromatic carbocycles. The summed E-state index contributed by atoms with van der Waals surface area (Å²) in [6.45, 7) is 0. The number of benzene rings is 2. The van der Waals surface area contributed by atoms with Gasteiger partial charge in [-0.2, -0.15) is 0 Å². The number of Topliss-reactive ketones (excluding diaryl/α,β-unsaturated/α-hetero) is 1. The number of methoxy groups -OCH3 is 2. The zero-order chi connectivity index (χ0) is 20.5. The smallest absolute Gasteiger partial charge is 0.303 e. The molecular weight excluding hydrogens is 382 g/mol. The third-order valence-electron chi connectivity index (χ3n) is 3.76. The molecule has 0 spiro atoms. The Balaban J connectivity index is 1.96. The highest BCUT2D eigenvalue weighted by Crippen LogP contribution is 2.29. The predicted molar refractivity (Wildman–Crippen MR) is 107 cm³/mol. The lowest BCUT2D eigenvalue weighted by atomic mass is 10.1. The highest BCUT2D eigenvalue weighted by Gasteiger charge is 2.12. The molecule has 0 heterocycles. The zero-order valence-electron chi connectivity index (χ0n) is 15.6. The van der Waals surface area contributed by atoms with Gasteiger partial charge in [0.15, 0.2) is 17.3 Å². The number of anilines is 1. The van der Waals surface area contributed by atoms with Crippen LogP contribution in [0, 0.1) is 0 Å². The third kappa shape index (κ3) is 6.31. The van der Waals surface area contributed by atoms with Crippen molar-refractivity contribution in [3.05, 3.63) is 48.0 Å². The lowest BCUT2D eigenvalue weighted by Gasteiger charge is -2.09. The van der Waals surface area contributed by atoms with Gasteiger partial charge < -0.3 is 19.9 Å². The van der Waals surface area contributed by atoms with Crippen LogP contribution in [-0.4, -0.2) is 42.7 Å². The van der Waals surface area contributed by atoms with Gasteiger partial charge in [-0.15, -0.1) is 11.8 Å². The zero-order valence-corrected chi connectivity index (χ0v) is 16.4. The molecule has 0 saturated heterocycles. The van der Waals surface area contributed by atoms with Gasteiger partial charge in [-0.05, 0) is 36.4 Å². The molecule has 0 aliphatic carbocycles. The summed E-state index contributed by atoms with van der Waals surface area (Å²) in [5, 5.41) is 11.3. The molecule has 0 saturated carbocycles. The summed E-state index contributed by atoms with van der Waals surface area (Å²) in [6, 6.07) is 12.0. The minimum Gasteiger partial charge on any atom is -0.493 e. The van der Waals surface area contributed by atoms with E-state index >= 15 is 0 Å². The normalized spacial score (nSPS) is 10.2. The van der Waals surface area contributed by atoms with E-state index in [0.29, 0.717) is 22.7 Å². The maximum absolute atomic E-state index is 12.5. The summed E-state index contributed by atoms with van der Waals surface area (Å²) in [5.74, 6) is -0.199. The van der Waals surface area contributed by atoms with Gasteiger partial charge in [0.2, 0.25) is 5.91 Å². The van der Waals surface area contributed by atoms with E-state index in [1.165, 1.54) is 26.0 Å². The van der Waals surface area contributed by atoms with Crippen molar-refractivity contribution in [2.75, 3.05) is 25.3 Å². The van der Waals surface area contributed by atoms with E-state index in [1.54, 1.807) is 36.4 Å². The first-order valence-corrected chi connectivity index (χ1v) is 9.41. The second-order valence-electron chi connectivity index (χ2n) is 5.75. The number of carboxylic acids is 1. The van der Waals surface area contributed by atoms with E-state index in [0.717, 1.165) is 4.90 Å². The van der Waals surface area contributed by atoms with Gasteiger partial charge in [-0.25, -0.2) is 0 Å². The molecule has 1 amide bonds. The highest BCUT2D eigenvalue weighted by molar-refractivity contribution is 8.00. The van der Waals surface area contributed by atoms with Gasteiger partial charge in [0, 0.05) is 22.6 Å². The summed E-state index contributed by atoms with van der Waals surface area (Å²) in [4.78, 5) is 35.5. The van der Waals surface area contributed by atoms with Crippen LogP contribution in [0.15, 0.2) is 47.4 Å². The standard InChI is InChI=1S/C20H21NO6S/c1-26-17-7-6-13(10-18(17)27-2)16(22)12-28-15-5-3-4-14(11-15)21-19(23)8-9-20(24)25/h3-7,10-11H,8-9,12H2,1-2H3,(H,21,23)(H,24,25). The predicted octanol–water partition coefficient (Wildman–Crippen LogP) is 3.48. The van der Waals surface area contributed by atoms with Crippen molar-refractivity contribution >= 4 is 35.1 Å². The average molecular weight is 403 g/mol. The Morgan fingerprint density at radius 1 is 1.00 bits per heavy atom. The molecular formula is C20H21NO6S. The SMILES string of the molecule is COc1ccc(C(=O)CSc2cccc(NC(=O)CCC(=O)O)c2)cc1OC. The minimum atomic E-state index is -1.02. The van der Waals surface area contributed by atoms with Crippen molar-refractivity contribution in [2.45, 2.75) is 17.7 Å². The molecule has 7 nitrogen and oxygen atoms in total. The molecule has 0 aromatic heterocycles. The number of carbonyl (C=O) groups is 3. The van der Waals surface area contributed by atoms with Gasteiger partial charge in [0.25, 0.3) is 0 Å². The van der Waals surface area contributed by atoms with Crippen LogP contribution in [0.1, 0.15) is 23.2 Å². The molecule has 2 rings (SSSR count). The number of ketones is 1. The van der Waals surface area contributed by atoms with Crippen LogP contribution in [0.4, 0.5) is 5.69 Å². The maximum atomic E-state index is 12.5. The summed E-state index contributed by atoms with van der Waals surface area (Å²) >= 11 is 1.34. The first kappa shape index (κ1) is 21.3. The molecule has 0 fully saturated rings. The van der Waals surface area contributed by atoms with E-state index in [4.69, 9.17) is 14.6 Å². The summed E-state index contributed by atoms with van der Waals surface area (Å²) in [6.07, 6.45) is -0.315. The number of nitrogens with one attached hydrogen (secondary N) is 1. The van der Waals surface area contributed by atoms with Crippen LogP contribution in [0.2, 0.25) is 0 Å². The fraction of sp³-hybridized carbons (Fsp3) is 0.250. The Kier molecular flexibility index (Phi) is 7.88. The average Bonchev–Trinajstić information content (AvgIpc) is 2.70. The summed E-state index contributed by atoms with van der Waals surface area (Å²) in [5.41, 5.74) is 1.07. The lowest BCUT2D eigenvalue weighted by molar-refractivity contribution is -0.138. The highest BCUT2D eigenvalue weighted by atomic mass is 32.2. The maximum Gasteiger partial charge on any atom is 0.303 e. The second-order valence-corrected chi connectivity index (χ2v) is 6.80. The van der Waals surface area contributed by atoms with Gasteiger partial charge in [0.05, 0.1) is 26.4 Å². The Hall–Kier alpha value is -3.00. The molecule has 0 atom stereocenters. The second kappa shape index (κ2) is 10.4. The molecule has 0 radical (unpaired) electrons. The summed E-state index contributed by atoms with van der Waals surface area (Å²) < 4.78 is 10.4. The molecule has 0 bridgehead atoms. The Morgan fingerprint density at radius 2 is 1.75 bits per heavy atom. The van der Waals surface area contributed by atoms with E-state index < -0.39 is 5.97 Å². The van der Waals surface area contributed by atoms with Gasteiger partial charge in [-0.1, -0.05) is 6.07 Å². The lowest BCUT2D eigenvalue weighted by Crippen LogP contribution is -2.13. The molecule has 0 aliphatic rings. The van der Waals surface area contributed by atoms with E-state index in [9.17, 15) is 14.4 Å². The van der Waals surface area contributed by atoms with Gasteiger partial charge in [0.1, 0.15) is 0 Å². The molecule has 0 aliphatic heterocycles. The Labute approximate surface area is 167 Å². The molecule has 2 aromatic rings. The van der Waals surface area contributed by atoms with Crippen molar-refractivity contribution in [3.8, 4) is 11.5 Å². The van der Waals surface area contributed by atoms with Crippen LogP contribution in [0.5, 0.6) is 11.5 Å². The quantitative estimate of drug-likeness (QED) is 0.462. The number of carboxylic acid groups (broad SMARTS) is 1. The topological polar surface area (TPSA) is 102 Å². The third-order valence-corrected chi connectivity index (χ3v) is 4.75. The number of rotatable bonds is 10. The van der Waals surface area contributed by atoms with Crippen molar-refractivity contribution in [1.29, 1.82) is 0 Å². The van der Waals surface area contributed by atoms with Gasteiger partial charge >= 0.3 is 5.97 Å². The van der Waals surface area contributed by atoms with Crippen LogP contribution >= 0.6 is 11.8 Å². The van der Waals surface area contributed by atoms with Crippen LogP contribution in [0.25, 0.3) is 0 Å². The van der Waals surface area contributed by atoms with E-state index in [-0.39, 0.29) is 30.3 Å². The van der Waals surface area contributed by atoms with Crippen molar-refractivity contribution in [1.82, 2.24) is 0 Å². The van der Waals surface area contributed by atoms with Crippen molar-refractivity contribution in [3.63, 3.8) is 0 Å². The van der Waals surface area contributed by atoms with Gasteiger partial charge in [-0.3, -0.25) is 14.4 Å². The number of aliphatic carboxylic acids is 1. The molecule has 2 N–H and O–H groups in total. The van der Waals surface area contributed by atoms with Crippen LogP contribution < -0.4 is 14.8 Å². The van der Waals surface area contributed by atoms with Crippen molar-refractivity contribution < 1.29 is 29.0 Å².